The Labute approximate surface area is 111 Å². The van der Waals surface area contributed by atoms with Crippen LogP contribution in [0.4, 0.5) is 0 Å². The molecule has 3 aromatic rings. The molecule has 4 nitrogen and oxygen atoms in total. The van der Waals surface area contributed by atoms with Crippen LogP contribution in [-0.2, 0) is 13.0 Å². The minimum atomic E-state index is 0.104. The predicted molar refractivity (Wildman–Crippen MR) is 73.9 cm³/mol. The molecule has 1 heterocycles. The SMILES string of the molecule is OCCc1cn(Cc2cccc3ccccc23)nn1. The Bertz CT molecular complexity index is 685. The normalized spacial score (nSPS) is 11.0. The summed E-state index contributed by atoms with van der Waals surface area (Å²) in [4.78, 5) is 0. The lowest BCUT2D eigenvalue weighted by Gasteiger charge is -2.05. The molecule has 1 aromatic heterocycles. The van der Waals surface area contributed by atoms with Gasteiger partial charge in [0.15, 0.2) is 0 Å². The van der Waals surface area contributed by atoms with Crippen molar-refractivity contribution in [1.29, 1.82) is 0 Å². The van der Waals surface area contributed by atoms with Crippen LogP contribution >= 0.6 is 0 Å². The molecule has 0 amide bonds. The maximum Gasteiger partial charge on any atom is 0.0850 e. The van der Waals surface area contributed by atoms with E-state index in [0.717, 1.165) is 5.69 Å². The van der Waals surface area contributed by atoms with Crippen molar-refractivity contribution in [2.75, 3.05) is 6.61 Å². The summed E-state index contributed by atoms with van der Waals surface area (Å²) in [7, 11) is 0. The molecule has 1 N–H and O–H groups in total. The Kier molecular flexibility index (Phi) is 3.25. The molecule has 3 rings (SSSR count). The van der Waals surface area contributed by atoms with Crippen molar-refractivity contribution in [2.45, 2.75) is 13.0 Å². The maximum atomic E-state index is 8.88. The van der Waals surface area contributed by atoms with Crippen molar-refractivity contribution in [2.24, 2.45) is 0 Å². The molecule has 0 unspecified atom stereocenters. The summed E-state index contributed by atoms with van der Waals surface area (Å²) >= 11 is 0. The highest BCUT2D eigenvalue weighted by molar-refractivity contribution is 5.85. The van der Waals surface area contributed by atoms with Crippen LogP contribution in [-0.4, -0.2) is 26.7 Å². The van der Waals surface area contributed by atoms with E-state index in [1.165, 1.54) is 16.3 Å². The Morgan fingerprint density at radius 3 is 2.79 bits per heavy atom. The molecule has 4 heteroatoms. The zero-order valence-corrected chi connectivity index (χ0v) is 10.5. The van der Waals surface area contributed by atoms with Crippen LogP contribution in [0.1, 0.15) is 11.3 Å². The molecule has 0 aliphatic heterocycles. The highest BCUT2D eigenvalue weighted by atomic mass is 16.3. The summed E-state index contributed by atoms with van der Waals surface area (Å²) in [5.74, 6) is 0. The van der Waals surface area contributed by atoms with Crippen LogP contribution in [0.2, 0.25) is 0 Å². The number of rotatable bonds is 4. The number of aliphatic hydroxyl groups is 1. The van der Waals surface area contributed by atoms with E-state index in [9.17, 15) is 0 Å². The van der Waals surface area contributed by atoms with Gasteiger partial charge < -0.3 is 5.11 Å². The number of hydrogen-bond donors (Lipinski definition) is 1. The molecule has 0 saturated carbocycles. The van der Waals surface area contributed by atoms with E-state index in [0.29, 0.717) is 13.0 Å². The molecule has 0 spiro atoms. The summed E-state index contributed by atoms with van der Waals surface area (Å²) in [6.45, 7) is 0.798. The fourth-order valence-electron chi connectivity index (χ4n) is 2.25. The first-order chi connectivity index (χ1) is 9.36. The largest absolute Gasteiger partial charge is 0.396 e. The second-order valence-corrected chi connectivity index (χ2v) is 4.52. The quantitative estimate of drug-likeness (QED) is 0.774. The van der Waals surface area contributed by atoms with Gasteiger partial charge in [0.1, 0.15) is 0 Å². The zero-order valence-electron chi connectivity index (χ0n) is 10.5. The van der Waals surface area contributed by atoms with E-state index in [4.69, 9.17) is 5.11 Å². The van der Waals surface area contributed by atoms with Gasteiger partial charge >= 0.3 is 0 Å². The molecule has 0 aliphatic carbocycles. The number of nitrogens with zero attached hydrogens (tertiary/aromatic N) is 3. The van der Waals surface area contributed by atoms with Gasteiger partial charge in [-0.2, -0.15) is 0 Å². The van der Waals surface area contributed by atoms with E-state index in [2.05, 4.69) is 40.6 Å². The van der Waals surface area contributed by atoms with Crippen LogP contribution in [0.5, 0.6) is 0 Å². The Morgan fingerprint density at radius 2 is 1.89 bits per heavy atom. The molecule has 2 aromatic carbocycles. The summed E-state index contributed by atoms with van der Waals surface area (Å²) in [5.41, 5.74) is 2.04. The third kappa shape index (κ3) is 2.48. The lowest BCUT2D eigenvalue weighted by Crippen LogP contribution is -2.01. The molecule has 19 heavy (non-hydrogen) atoms. The van der Waals surface area contributed by atoms with Gasteiger partial charge in [-0.05, 0) is 16.3 Å². The number of fused-ring (bicyclic) bond motifs is 1. The smallest absolute Gasteiger partial charge is 0.0850 e. The third-order valence-electron chi connectivity index (χ3n) is 3.17. The summed E-state index contributed by atoms with van der Waals surface area (Å²) in [6, 6.07) is 14.6. The van der Waals surface area contributed by atoms with Gasteiger partial charge in [-0.15, -0.1) is 5.10 Å². The van der Waals surface area contributed by atoms with Gasteiger partial charge in [0.05, 0.1) is 12.2 Å². The number of benzene rings is 2. The molecule has 0 radical (unpaired) electrons. The first-order valence-electron chi connectivity index (χ1n) is 6.33. The minimum absolute atomic E-state index is 0.104. The Hall–Kier alpha value is -2.20. The van der Waals surface area contributed by atoms with Gasteiger partial charge in [-0.3, -0.25) is 0 Å². The van der Waals surface area contributed by atoms with Crippen molar-refractivity contribution >= 4 is 10.8 Å². The fourth-order valence-corrected chi connectivity index (χ4v) is 2.25. The van der Waals surface area contributed by atoms with Gasteiger partial charge in [-0.25, -0.2) is 4.68 Å². The Balaban J connectivity index is 1.92. The lowest BCUT2D eigenvalue weighted by atomic mass is 10.0. The van der Waals surface area contributed by atoms with Crippen LogP contribution in [0, 0.1) is 0 Å². The highest BCUT2D eigenvalue weighted by Crippen LogP contribution is 2.19. The Morgan fingerprint density at radius 1 is 1.05 bits per heavy atom. The number of aliphatic hydroxyl groups excluding tert-OH is 1. The molecular weight excluding hydrogens is 238 g/mol. The molecule has 0 fully saturated rings. The number of aromatic nitrogens is 3. The second kappa shape index (κ2) is 5.20. The van der Waals surface area contributed by atoms with Crippen molar-refractivity contribution in [3.8, 4) is 0 Å². The first kappa shape index (κ1) is 11.9. The summed E-state index contributed by atoms with van der Waals surface area (Å²) in [6.07, 6.45) is 2.44. The highest BCUT2D eigenvalue weighted by Gasteiger charge is 2.04. The van der Waals surface area contributed by atoms with Crippen molar-refractivity contribution < 1.29 is 5.11 Å². The first-order valence-corrected chi connectivity index (χ1v) is 6.33. The summed E-state index contributed by atoms with van der Waals surface area (Å²) in [5, 5.41) is 19.5. The van der Waals surface area contributed by atoms with Crippen LogP contribution < -0.4 is 0 Å². The van der Waals surface area contributed by atoms with E-state index in [1.54, 1.807) is 0 Å². The maximum absolute atomic E-state index is 8.88. The van der Waals surface area contributed by atoms with E-state index < -0.39 is 0 Å². The van der Waals surface area contributed by atoms with Gasteiger partial charge in [-0.1, -0.05) is 47.7 Å². The molecule has 0 atom stereocenters. The monoisotopic (exact) mass is 253 g/mol. The number of hydrogen-bond acceptors (Lipinski definition) is 3. The third-order valence-corrected chi connectivity index (χ3v) is 3.17. The zero-order chi connectivity index (χ0) is 13.1. The predicted octanol–water partition coefficient (Wildman–Crippen LogP) is 2.01. The lowest BCUT2D eigenvalue weighted by molar-refractivity contribution is 0.298. The van der Waals surface area contributed by atoms with Crippen molar-refractivity contribution in [3.05, 3.63) is 59.9 Å². The van der Waals surface area contributed by atoms with Crippen LogP contribution in [0.25, 0.3) is 10.8 Å². The minimum Gasteiger partial charge on any atom is -0.396 e. The van der Waals surface area contributed by atoms with E-state index >= 15 is 0 Å². The molecule has 0 saturated heterocycles. The van der Waals surface area contributed by atoms with E-state index in [1.807, 2.05) is 23.0 Å². The molecule has 0 bridgehead atoms. The molecule has 96 valence electrons. The van der Waals surface area contributed by atoms with Crippen molar-refractivity contribution in [3.63, 3.8) is 0 Å². The molecule has 0 aliphatic rings. The average Bonchev–Trinajstić information content (AvgIpc) is 2.87. The van der Waals surface area contributed by atoms with Crippen LogP contribution in [0.3, 0.4) is 0 Å². The standard InChI is InChI=1S/C15H15N3O/c19-9-8-14-11-18(17-16-14)10-13-6-3-5-12-4-1-2-7-15(12)13/h1-7,11,19H,8-10H2. The van der Waals surface area contributed by atoms with Gasteiger partial charge in [0.2, 0.25) is 0 Å². The van der Waals surface area contributed by atoms with Gasteiger partial charge in [0, 0.05) is 19.2 Å². The fraction of sp³-hybridized carbons (Fsp3) is 0.200. The van der Waals surface area contributed by atoms with E-state index in [-0.39, 0.29) is 6.61 Å². The second-order valence-electron chi connectivity index (χ2n) is 4.52. The topological polar surface area (TPSA) is 50.9 Å². The average molecular weight is 253 g/mol. The molecular formula is C15H15N3O. The van der Waals surface area contributed by atoms with Crippen molar-refractivity contribution in [1.82, 2.24) is 15.0 Å². The summed E-state index contributed by atoms with van der Waals surface area (Å²) < 4.78 is 1.81. The van der Waals surface area contributed by atoms with Crippen LogP contribution in [0.15, 0.2) is 48.7 Å². The van der Waals surface area contributed by atoms with Gasteiger partial charge in [0.25, 0.3) is 0 Å².